The minimum Gasteiger partial charge on any atom is -0.477 e. The highest BCUT2D eigenvalue weighted by Crippen LogP contribution is 2.27. The fourth-order valence-corrected chi connectivity index (χ4v) is 2.12. The first kappa shape index (κ1) is 18.9. The summed E-state index contributed by atoms with van der Waals surface area (Å²) < 4.78 is 5.23. The molecular weight excluding hydrogens is 334 g/mol. The maximum Gasteiger partial charge on any atom is 0.311 e. The fourth-order valence-electron chi connectivity index (χ4n) is 2.12. The lowest BCUT2D eigenvalue weighted by Crippen LogP contribution is -2.24. The first-order chi connectivity index (χ1) is 12.5. The van der Waals surface area contributed by atoms with Gasteiger partial charge in [0.15, 0.2) is 12.4 Å². The number of benzene rings is 2. The van der Waals surface area contributed by atoms with Gasteiger partial charge in [-0.1, -0.05) is 42.5 Å². The topological polar surface area (TPSA) is 93.8 Å². The minimum absolute atomic E-state index is 0.0416. The molecule has 0 saturated heterocycles. The van der Waals surface area contributed by atoms with Gasteiger partial charge in [0.2, 0.25) is 0 Å². The average molecular weight is 353 g/mol. The predicted octanol–water partition coefficient (Wildman–Crippen LogP) is 3.49. The van der Waals surface area contributed by atoms with E-state index in [0.717, 1.165) is 16.7 Å². The Morgan fingerprint density at radius 3 is 2.69 bits per heavy atom. The molecule has 0 aliphatic heterocycles. The van der Waals surface area contributed by atoms with Crippen molar-refractivity contribution in [3.8, 4) is 5.75 Å². The van der Waals surface area contributed by atoms with Crippen LogP contribution in [0.5, 0.6) is 5.75 Å². The zero-order valence-electron chi connectivity index (χ0n) is 14.5. The van der Waals surface area contributed by atoms with Crippen LogP contribution in [0.1, 0.15) is 18.1 Å². The summed E-state index contributed by atoms with van der Waals surface area (Å²) in [5.74, 6) is -0.469. The van der Waals surface area contributed by atoms with Crippen LogP contribution in [-0.4, -0.2) is 23.7 Å². The van der Waals surface area contributed by atoms with E-state index in [-0.39, 0.29) is 18.0 Å². The van der Waals surface area contributed by atoms with Crippen LogP contribution in [0.2, 0.25) is 0 Å². The Bertz CT molecular complexity index is 845. The summed E-state index contributed by atoms with van der Waals surface area (Å²) in [5, 5.41) is 14.9. The second-order valence-electron chi connectivity index (χ2n) is 5.61. The molecule has 0 atom stereocenters. The van der Waals surface area contributed by atoms with Crippen molar-refractivity contribution >= 4 is 23.9 Å². The number of carbonyl (C=O) groups is 1. The molecule has 2 aromatic rings. The molecule has 0 heterocycles. The second-order valence-corrected chi connectivity index (χ2v) is 5.61. The molecule has 0 bridgehead atoms. The molecule has 0 unspecified atom stereocenters. The summed E-state index contributed by atoms with van der Waals surface area (Å²) in [5.41, 5.74) is 4.76. The summed E-state index contributed by atoms with van der Waals surface area (Å²) in [4.78, 5) is 22.2. The van der Waals surface area contributed by atoms with Crippen molar-refractivity contribution in [2.45, 2.75) is 13.8 Å². The van der Waals surface area contributed by atoms with Crippen molar-refractivity contribution in [1.82, 2.24) is 5.43 Å². The number of nitro benzene ring substituents is 1. The van der Waals surface area contributed by atoms with Gasteiger partial charge in [0, 0.05) is 6.07 Å². The molecule has 0 saturated carbocycles. The van der Waals surface area contributed by atoms with Crippen LogP contribution in [-0.2, 0) is 4.79 Å². The van der Waals surface area contributed by atoms with Crippen LogP contribution in [0.3, 0.4) is 0 Å². The molecule has 26 heavy (non-hydrogen) atoms. The molecule has 0 aliphatic rings. The third-order valence-corrected chi connectivity index (χ3v) is 3.32. The highest BCUT2D eigenvalue weighted by Gasteiger charge is 2.16. The number of nitrogens with zero attached hydrogens (tertiary/aromatic N) is 2. The van der Waals surface area contributed by atoms with E-state index in [1.807, 2.05) is 43.3 Å². The first-order valence-corrected chi connectivity index (χ1v) is 7.89. The van der Waals surface area contributed by atoms with E-state index in [1.165, 1.54) is 18.3 Å². The number of ether oxygens (including phenoxy) is 1. The van der Waals surface area contributed by atoms with Gasteiger partial charge >= 0.3 is 5.69 Å². The SMILES string of the molecule is CC(C=NNC(=O)COc1ccc(C)cc1[N+](=O)[O-])=Cc1ccccc1. The number of carbonyl (C=O) groups excluding carboxylic acids is 1. The second kappa shape index (κ2) is 9.12. The average Bonchev–Trinajstić information content (AvgIpc) is 2.61. The lowest BCUT2D eigenvalue weighted by Gasteiger charge is -2.06. The Morgan fingerprint density at radius 2 is 2.00 bits per heavy atom. The summed E-state index contributed by atoms with van der Waals surface area (Å²) in [6, 6.07) is 14.2. The number of hydrogen-bond donors (Lipinski definition) is 1. The van der Waals surface area contributed by atoms with Crippen LogP contribution in [0, 0.1) is 17.0 Å². The number of nitrogens with one attached hydrogen (secondary N) is 1. The summed E-state index contributed by atoms with van der Waals surface area (Å²) in [6.07, 6.45) is 3.43. The third-order valence-electron chi connectivity index (χ3n) is 3.32. The van der Waals surface area contributed by atoms with Crippen molar-refractivity contribution in [3.63, 3.8) is 0 Å². The van der Waals surface area contributed by atoms with Gasteiger partial charge in [-0.05, 0) is 36.6 Å². The van der Waals surface area contributed by atoms with Crippen molar-refractivity contribution in [3.05, 3.63) is 75.3 Å². The molecule has 7 nitrogen and oxygen atoms in total. The number of aryl methyl sites for hydroxylation is 1. The van der Waals surface area contributed by atoms with E-state index < -0.39 is 10.8 Å². The molecule has 1 amide bonds. The van der Waals surface area contributed by atoms with E-state index in [2.05, 4.69) is 10.5 Å². The zero-order valence-corrected chi connectivity index (χ0v) is 14.5. The number of hydrazone groups is 1. The number of rotatable bonds is 7. The van der Waals surface area contributed by atoms with E-state index in [1.54, 1.807) is 13.0 Å². The summed E-state index contributed by atoms with van der Waals surface area (Å²) in [7, 11) is 0. The van der Waals surface area contributed by atoms with Crippen molar-refractivity contribution in [1.29, 1.82) is 0 Å². The highest BCUT2D eigenvalue weighted by molar-refractivity contribution is 5.86. The van der Waals surface area contributed by atoms with Crippen LogP contribution >= 0.6 is 0 Å². The van der Waals surface area contributed by atoms with E-state index in [0.29, 0.717) is 0 Å². The van der Waals surface area contributed by atoms with Gasteiger partial charge in [-0.2, -0.15) is 5.10 Å². The summed E-state index contributed by atoms with van der Waals surface area (Å²) >= 11 is 0. The van der Waals surface area contributed by atoms with Gasteiger partial charge in [-0.3, -0.25) is 14.9 Å². The molecule has 7 heteroatoms. The monoisotopic (exact) mass is 353 g/mol. The lowest BCUT2D eigenvalue weighted by atomic mass is 10.1. The third kappa shape index (κ3) is 5.86. The van der Waals surface area contributed by atoms with Crippen LogP contribution in [0.25, 0.3) is 6.08 Å². The Balaban J connectivity index is 1.88. The molecule has 0 fully saturated rings. The Kier molecular flexibility index (Phi) is 6.61. The molecule has 0 aliphatic carbocycles. The number of hydrogen-bond acceptors (Lipinski definition) is 5. The number of amides is 1. The van der Waals surface area contributed by atoms with Gasteiger partial charge in [0.1, 0.15) is 0 Å². The fraction of sp³-hybridized carbons (Fsp3) is 0.158. The Labute approximate surface area is 151 Å². The Hall–Kier alpha value is -3.48. The number of allylic oxidation sites excluding steroid dienone is 1. The van der Waals surface area contributed by atoms with E-state index >= 15 is 0 Å². The lowest BCUT2D eigenvalue weighted by molar-refractivity contribution is -0.385. The van der Waals surface area contributed by atoms with Crippen LogP contribution < -0.4 is 10.2 Å². The molecule has 2 rings (SSSR count). The predicted molar refractivity (Wildman–Crippen MR) is 100 cm³/mol. The van der Waals surface area contributed by atoms with Crippen LogP contribution in [0.4, 0.5) is 5.69 Å². The standard InChI is InChI=1S/C19H19N3O4/c1-14-8-9-18(17(11-14)22(24)25)26-13-19(23)21-20-12-15(2)10-16-6-4-3-5-7-16/h3-12H,13H2,1-2H3,(H,21,23). The first-order valence-electron chi connectivity index (χ1n) is 7.89. The molecule has 2 aromatic carbocycles. The Morgan fingerprint density at radius 1 is 1.27 bits per heavy atom. The van der Waals surface area contributed by atoms with E-state index in [4.69, 9.17) is 4.74 Å². The van der Waals surface area contributed by atoms with Crippen molar-refractivity contribution in [2.24, 2.45) is 5.10 Å². The highest BCUT2D eigenvalue weighted by atomic mass is 16.6. The van der Waals surface area contributed by atoms with Crippen molar-refractivity contribution < 1.29 is 14.5 Å². The number of nitro groups is 1. The van der Waals surface area contributed by atoms with Gasteiger partial charge in [-0.15, -0.1) is 0 Å². The van der Waals surface area contributed by atoms with Gasteiger partial charge in [0.25, 0.3) is 5.91 Å². The molecule has 0 radical (unpaired) electrons. The van der Waals surface area contributed by atoms with Gasteiger partial charge in [-0.25, -0.2) is 5.43 Å². The van der Waals surface area contributed by atoms with Crippen LogP contribution in [0.15, 0.2) is 59.2 Å². The van der Waals surface area contributed by atoms with Gasteiger partial charge < -0.3 is 4.74 Å². The minimum atomic E-state index is -0.546. The largest absolute Gasteiger partial charge is 0.477 e. The maximum atomic E-state index is 11.8. The molecule has 0 aromatic heterocycles. The van der Waals surface area contributed by atoms with Gasteiger partial charge in [0.05, 0.1) is 11.1 Å². The molecular formula is C19H19N3O4. The molecule has 0 spiro atoms. The van der Waals surface area contributed by atoms with E-state index in [9.17, 15) is 14.9 Å². The quantitative estimate of drug-likeness (QED) is 0.468. The summed E-state index contributed by atoms with van der Waals surface area (Å²) in [6.45, 7) is 3.22. The normalized spacial score (nSPS) is 11.4. The molecule has 1 N–H and O–H groups in total. The maximum absolute atomic E-state index is 11.8. The molecule has 134 valence electrons. The van der Waals surface area contributed by atoms with Crippen molar-refractivity contribution in [2.75, 3.05) is 6.61 Å². The smallest absolute Gasteiger partial charge is 0.311 e. The zero-order chi connectivity index (χ0) is 18.9.